The highest BCUT2D eigenvalue weighted by Gasteiger charge is 2.20. The van der Waals surface area contributed by atoms with E-state index in [-0.39, 0.29) is 24.0 Å². The zero-order chi connectivity index (χ0) is 12.9. The molecule has 3 N–H and O–H groups in total. The predicted octanol–water partition coefficient (Wildman–Crippen LogP) is 1.08. The van der Waals surface area contributed by atoms with Crippen molar-refractivity contribution < 1.29 is 9.90 Å². The minimum atomic E-state index is -0.315. The molecule has 0 fully saturated rings. The van der Waals surface area contributed by atoms with Crippen LogP contribution in [-0.2, 0) is 4.79 Å². The third-order valence-corrected chi connectivity index (χ3v) is 3.06. The molecule has 0 aliphatic heterocycles. The number of aliphatic hydroxyl groups is 1. The van der Waals surface area contributed by atoms with Crippen molar-refractivity contribution in [3.8, 4) is 0 Å². The van der Waals surface area contributed by atoms with Gasteiger partial charge in [0.25, 0.3) is 0 Å². The number of nitrogens with zero attached hydrogens (tertiary/aromatic N) is 1. The number of aromatic nitrogens is 1. The van der Waals surface area contributed by atoms with Crippen molar-refractivity contribution >= 4 is 22.4 Å². The van der Waals surface area contributed by atoms with Crippen LogP contribution in [0.2, 0.25) is 0 Å². The van der Waals surface area contributed by atoms with Crippen LogP contribution >= 0.6 is 11.3 Å². The van der Waals surface area contributed by atoms with Gasteiger partial charge in [0.05, 0.1) is 6.04 Å². The van der Waals surface area contributed by atoms with Gasteiger partial charge in [0.2, 0.25) is 5.91 Å². The van der Waals surface area contributed by atoms with Crippen molar-refractivity contribution in [3.63, 3.8) is 0 Å². The molecule has 0 saturated heterocycles. The number of thiazole rings is 1. The first kappa shape index (κ1) is 14.1. The molecule has 96 valence electrons. The lowest BCUT2D eigenvalue weighted by Crippen LogP contribution is -2.43. The Morgan fingerprint density at radius 2 is 2.35 bits per heavy atom. The third kappa shape index (κ3) is 4.80. The van der Waals surface area contributed by atoms with Crippen molar-refractivity contribution in [2.24, 2.45) is 5.41 Å². The molecule has 6 heteroatoms. The monoisotopic (exact) mass is 257 g/mol. The van der Waals surface area contributed by atoms with Gasteiger partial charge in [-0.05, 0) is 6.92 Å². The molecule has 0 aromatic carbocycles. The summed E-state index contributed by atoms with van der Waals surface area (Å²) < 4.78 is 0. The number of hydrogen-bond acceptors (Lipinski definition) is 5. The molecular weight excluding hydrogens is 238 g/mol. The molecule has 0 radical (unpaired) electrons. The molecule has 0 aliphatic rings. The Morgan fingerprint density at radius 1 is 1.65 bits per heavy atom. The maximum atomic E-state index is 11.7. The van der Waals surface area contributed by atoms with Gasteiger partial charge in [-0.1, -0.05) is 13.8 Å². The number of carbonyl (C=O) groups excluding carboxylic acids is 1. The van der Waals surface area contributed by atoms with E-state index in [1.807, 2.05) is 19.2 Å². The van der Waals surface area contributed by atoms with Crippen LogP contribution in [0.25, 0.3) is 0 Å². The van der Waals surface area contributed by atoms with E-state index in [1.54, 1.807) is 13.1 Å². The van der Waals surface area contributed by atoms with Crippen LogP contribution in [0.5, 0.6) is 0 Å². The van der Waals surface area contributed by atoms with Gasteiger partial charge in [-0.25, -0.2) is 4.98 Å². The highest BCUT2D eigenvalue weighted by molar-refractivity contribution is 7.13. The number of carbonyl (C=O) groups is 1. The Morgan fingerprint density at radius 3 is 2.88 bits per heavy atom. The molecule has 1 amide bonds. The second-order valence-corrected chi connectivity index (χ2v) is 5.65. The molecular formula is C11H19N3O2S. The zero-order valence-electron chi connectivity index (χ0n) is 10.4. The number of rotatable bonds is 6. The van der Waals surface area contributed by atoms with Crippen LogP contribution in [0.1, 0.15) is 20.8 Å². The molecule has 1 atom stereocenters. The molecule has 1 unspecified atom stereocenters. The summed E-state index contributed by atoms with van der Waals surface area (Å²) in [6.07, 6.45) is 1.65. The maximum absolute atomic E-state index is 11.7. The second kappa shape index (κ2) is 6.09. The number of anilines is 1. The third-order valence-electron chi connectivity index (χ3n) is 2.37. The highest BCUT2D eigenvalue weighted by Crippen LogP contribution is 2.13. The van der Waals surface area contributed by atoms with Crippen LogP contribution < -0.4 is 10.6 Å². The predicted molar refractivity (Wildman–Crippen MR) is 69.1 cm³/mol. The van der Waals surface area contributed by atoms with E-state index >= 15 is 0 Å². The molecule has 17 heavy (non-hydrogen) atoms. The SMILES string of the molecule is CC(NCC(C)(C)CO)C(=O)Nc1nccs1. The van der Waals surface area contributed by atoms with E-state index in [2.05, 4.69) is 15.6 Å². The van der Waals surface area contributed by atoms with Crippen molar-refractivity contribution in [3.05, 3.63) is 11.6 Å². The summed E-state index contributed by atoms with van der Waals surface area (Å²) >= 11 is 1.39. The van der Waals surface area contributed by atoms with E-state index in [0.29, 0.717) is 11.7 Å². The lowest BCUT2D eigenvalue weighted by atomic mass is 9.94. The first-order chi connectivity index (χ1) is 7.94. The van der Waals surface area contributed by atoms with Gasteiger partial charge in [0.1, 0.15) is 0 Å². The molecule has 0 bridgehead atoms. The summed E-state index contributed by atoms with van der Waals surface area (Å²) in [5.74, 6) is -0.117. The van der Waals surface area contributed by atoms with Crippen LogP contribution in [0.3, 0.4) is 0 Å². The Labute approximate surface area is 105 Å². The number of aliphatic hydroxyl groups excluding tert-OH is 1. The Hall–Kier alpha value is -0.980. The maximum Gasteiger partial charge on any atom is 0.243 e. The largest absolute Gasteiger partial charge is 0.396 e. The van der Waals surface area contributed by atoms with Gasteiger partial charge in [0.15, 0.2) is 5.13 Å². The van der Waals surface area contributed by atoms with E-state index in [0.717, 1.165) is 0 Å². The fraction of sp³-hybridized carbons (Fsp3) is 0.636. The lowest BCUT2D eigenvalue weighted by molar-refractivity contribution is -0.117. The van der Waals surface area contributed by atoms with Gasteiger partial charge in [-0.15, -0.1) is 11.3 Å². The topological polar surface area (TPSA) is 74.2 Å². The van der Waals surface area contributed by atoms with E-state index in [4.69, 9.17) is 5.11 Å². The lowest BCUT2D eigenvalue weighted by Gasteiger charge is -2.24. The van der Waals surface area contributed by atoms with Gasteiger partial charge < -0.3 is 15.7 Å². The summed E-state index contributed by atoms with van der Waals surface area (Å²) in [5, 5.41) is 17.3. The number of nitrogens with one attached hydrogen (secondary N) is 2. The summed E-state index contributed by atoms with van der Waals surface area (Å²) in [5.41, 5.74) is -0.226. The van der Waals surface area contributed by atoms with Crippen LogP contribution in [0.4, 0.5) is 5.13 Å². The Kier molecular flexibility index (Phi) is 5.04. The van der Waals surface area contributed by atoms with Crippen molar-refractivity contribution in [1.29, 1.82) is 0 Å². The van der Waals surface area contributed by atoms with E-state index < -0.39 is 0 Å². The summed E-state index contributed by atoms with van der Waals surface area (Å²) in [4.78, 5) is 15.7. The van der Waals surface area contributed by atoms with Gasteiger partial charge >= 0.3 is 0 Å². The van der Waals surface area contributed by atoms with E-state index in [1.165, 1.54) is 11.3 Å². The molecule has 5 nitrogen and oxygen atoms in total. The summed E-state index contributed by atoms with van der Waals surface area (Å²) in [7, 11) is 0. The molecule has 1 rings (SSSR count). The van der Waals surface area contributed by atoms with E-state index in [9.17, 15) is 4.79 Å². The normalized spacial score (nSPS) is 13.4. The number of hydrogen-bond donors (Lipinski definition) is 3. The van der Waals surface area contributed by atoms with Crippen molar-refractivity contribution in [1.82, 2.24) is 10.3 Å². The van der Waals surface area contributed by atoms with Gasteiger partial charge in [0, 0.05) is 30.1 Å². The molecule has 0 aliphatic carbocycles. The van der Waals surface area contributed by atoms with Gasteiger partial charge in [-0.2, -0.15) is 0 Å². The van der Waals surface area contributed by atoms with Crippen LogP contribution in [0.15, 0.2) is 11.6 Å². The fourth-order valence-electron chi connectivity index (χ4n) is 1.08. The Balaban J connectivity index is 2.37. The standard InChI is InChI=1S/C11H19N3O2S/c1-8(13-6-11(2,3)7-15)9(16)14-10-12-4-5-17-10/h4-5,8,13,15H,6-7H2,1-3H3,(H,12,14,16). The number of amides is 1. The first-order valence-electron chi connectivity index (χ1n) is 5.49. The minimum Gasteiger partial charge on any atom is -0.396 e. The van der Waals surface area contributed by atoms with Crippen LogP contribution in [0, 0.1) is 5.41 Å². The van der Waals surface area contributed by atoms with Crippen LogP contribution in [-0.4, -0.2) is 35.2 Å². The second-order valence-electron chi connectivity index (χ2n) is 4.75. The quantitative estimate of drug-likeness (QED) is 0.713. The van der Waals surface area contributed by atoms with Crippen molar-refractivity contribution in [2.75, 3.05) is 18.5 Å². The van der Waals surface area contributed by atoms with Gasteiger partial charge in [-0.3, -0.25) is 4.79 Å². The first-order valence-corrected chi connectivity index (χ1v) is 6.37. The fourth-order valence-corrected chi connectivity index (χ4v) is 1.61. The molecule has 1 aromatic rings. The average Bonchev–Trinajstić information content (AvgIpc) is 2.78. The highest BCUT2D eigenvalue weighted by atomic mass is 32.1. The summed E-state index contributed by atoms with van der Waals surface area (Å²) in [6.45, 7) is 6.32. The zero-order valence-corrected chi connectivity index (χ0v) is 11.2. The molecule has 1 aromatic heterocycles. The summed E-state index contributed by atoms with van der Waals surface area (Å²) in [6, 6.07) is -0.315. The minimum absolute atomic E-state index is 0.0841. The molecule has 0 spiro atoms. The average molecular weight is 257 g/mol. The molecule has 0 saturated carbocycles. The molecule has 1 heterocycles. The Bertz CT molecular complexity index is 352. The smallest absolute Gasteiger partial charge is 0.243 e. The van der Waals surface area contributed by atoms with Crippen molar-refractivity contribution in [2.45, 2.75) is 26.8 Å².